The van der Waals surface area contributed by atoms with Gasteiger partial charge >= 0.3 is 0 Å². The molecule has 0 saturated heterocycles. The zero-order chi connectivity index (χ0) is 16.1. The van der Waals surface area contributed by atoms with Crippen LogP contribution in [0, 0.1) is 5.92 Å². The molecule has 3 rings (SSSR count). The first kappa shape index (κ1) is 16.4. The van der Waals surface area contributed by atoms with Crippen molar-refractivity contribution in [3.63, 3.8) is 0 Å². The molecular formula is C18H27N3O2. The maximum absolute atomic E-state index is 12.6. The first-order valence-corrected chi connectivity index (χ1v) is 9.05. The summed E-state index contributed by atoms with van der Waals surface area (Å²) in [5, 5.41) is 20.8. The van der Waals surface area contributed by atoms with Crippen LogP contribution in [0.15, 0.2) is 6.07 Å². The highest BCUT2D eigenvalue weighted by Gasteiger charge is 2.26. The lowest BCUT2D eigenvalue weighted by Crippen LogP contribution is -2.42. The predicted octanol–water partition coefficient (Wildman–Crippen LogP) is 2.42. The summed E-state index contributed by atoms with van der Waals surface area (Å²) in [5.41, 5.74) is 2.64. The maximum Gasteiger partial charge on any atom is 0.272 e. The van der Waals surface area contributed by atoms with Crippen LogP contribution in [0.2, 0.25) is 0 Å². The number of aromatic nitrogens is 2. The number of hydrogen-bond donors (Lipinski definition) is 2. The minimum Gasteiger partial charge on any atom is -0.396 e. The molecule has 126 valence electrons. The van der Waals surface area contributed by atoms with Crippen LogP contribution in [0.1, 0.15) is 73.1 Å². The lowest BCUT2D eigenvalue weighted by molar-refractivity contribution is 0.0893. The topological polar surface area (TPSA) is 75.1 Å². The van der Waals surface area contributed by atoms with Crippen LogP contribution in [-0.4, -0.2) is 33.9 Å². The number of aryl methyl sites for hydroxylation is 2. The summed E-state index contributed by atoms with van der Waals surface area (Å²) >= 11 is 0. The summed E-state index contributed by atoms with van der Waals surface area (Å²) in [5.74, 6) is 0.334. The molecule has 5 nitrogen and oxygen atoms in total. The standard InChI is InChI=1S/C18H27N3O2/c22-11-10-15(13-6-2-1-3-7-13)19-18(23)17-12-14-8-4-5-9-16(14)20-21-17/h12-13,15,22H,1-11H2,(H,19,23). The van der Waals surface area contributed by atoms with E-state index in [-0.39, 0.29) is 18.6 Å². The zero-order valence-electron chi connectivity index (χ0n) is 13.8. The molecule has 0 spiro atoms. The highest BCUT2D eigenvalue weighted by molar-refractivity contribution is 5.92. The molecule has 2 aliphatic rings. The third-order valence-corrected chi connectivity index (χ3v) is 5.28. The van der Waals surface area contributed by atoms with Gasteiger partial charge in [0.2, 0.25) is 0 Å². The van der Waals surface area contributed by atoms with Gasteiger partial charge in [-0.2, -0.15) is 5.10 Å². The van der Waals surface area contributed by atoms with Gasteiger partial charge < -0.3 is 10.4 Å². The van der Waals surface area contributed by atoms with Crippen molar-refractivity contribution in [2.24, 2.45) is 5.92 Å². The van der Waals surface area contributed by atoms with Gasteiger partial charge in [-0.3, -0.25) is 4.79 Å². The average molecular weight is 317 g/mol. The fraction of sp³-hybridized carbons (Fsp3) is 0.722. The normalized spacial score (nSPS) is 19.9. The second-order valence-corrected chi connectivity index (χ2v) is 6.90. The Bertz CT molecular complexity index is 541. The summed E-state index contributed by atoms with van der Waals surface area (Å²) in [6.45, 7) is 0.108. The van der Waals surface area contributed by atoms with E-state index in [1.54, 1.807) is 0 Å². The Morgan fingerprint density at radius 1 is 1.17 bits per heavy atom. The van der Waals surface area contributed by atoms with Crippen LogP contribution < -0.4 is 5.32 Å². The van der Waals surface area contributed by atoms with Crippen molar-refractivity contribution in [3.8, 4) is 0 Å². The lowest BCUT2D eigenvalue weighted by atomic mass is 9.82. The van der Waals surface area contributed by atoms with Gasteiger partial charge in [0.25, 0.3) is 5.91 Å². The Balaban J connectivity index is 1.68. The highest BCUT2D eigenvalue weighted by atomic mass is 16.3. The molecule has 1 fully saturated rings. The van der Waals surface area contributed by atoms with Crippen molar-refractivity contribution in [1.29, 1.82) is 0 Å². The summed E-state index contributed by atoms with van der Waals surface area (Å²) in [6.07, 6.45) is 10.9. The van der Waals surface area contributed by atoms with Crippen LogP contribution in [0.3, 0.4) is 0 Å². The third kappa shape index (κ3) is 4.08. The number of hydrogen-bond acceptors (Lipinski definition) is 4. The number of aliphatic hydroxyl groups is 1. The Kier molecular flexibility index (Phi) is 5.60. The van der Waals surface area contributed by atoms with Crippen molar-refractivity contribution in [1.82, 2.24) is 15.5 Å². The van der Waals surface area contributed by atoms with Crippen molar-refractivity contribution >= 4 is 5.91 Å². The van der Waals surface area contributed by atoms with E-state index in [0.29, 0.717) is 18.0 Å². The van der Waals surface area contributed by atoms with E-state index in [0.717, 1.165) is 44.2 Å². The quantitative estimate of drug-likeness (QED) is 0.874. The van der Waals surface area contributed by atoms with Gasteiger partial charge in [0.05, 0.1) is 5.69 Å². The van der Waals surface area contributed by atoms with Crippen molar-refractivity contribution in [2.45, 2.75) is 70.3 Å². The number of carbonyl (C=O) groups is 1. The maximum atomic E-state index is 12.6. The lowest BCUT2D eigenvalue weighted by Gasteiger charge is -2.30. The van der Waals surface area contributed by atoms with Crippen LogP contribution >= 0.6 is 0 Å². The molecule has 2 N–H and O–H groups in total. The first-order chi connectivity index (χ1) is 11.3. The first-order valence-electron chi connectivity index (χ1n) is 9.05. The molecule has 5 heteroatoms. The van der Waals surface area contributed by atoms with Gasteiger partial charge in [0, 0.05) is 12.6 Å². The Labute approximate surface area is 137 Å². The van der Waals surface area contributed by atoms with Crippen LogP contribution in [0.5, 0.6) is 0 Å². The largest absolute Gasteiger partial charge is 0.396 e. The third-order valence-electron chi connectivity index (χ3n) is 5.28. The van der Waals surface area contributed by atoms with Crippen LogP contribution in [-0.2, 0) is 12.8 Å². The van der Waals surface area contributed by atoms with Crippen LogP contribution in [0.25, 0.3) is 0 Å². The Hall–Kier alpha value is -1.49. The van der Waals surface area contributed by atoms with Gasteiger partial charge in [0.1, 0.15) is 0 Å². The van der Waals surface area contributed by atoms with Crippen molar-refractivity contribution in [3.05, 3.63) is 23.0 Å². The molecule has 0 bridgehead atoms. The number of nitrogens with one attached hydrogen (secondary N) is 1. The fourth-order valence-corrected chi connectivity index (χ4v) is 3.95. The number of carbonyl (C=O) groups excluding carboxylic acids is 1. The number of nitrogens with zero attached hydrogens (tertiary/aromatic N) is 2. The molecule has 1 aromatic rings. The van der Waals surface area contributed by atoms with E-state index in [9.17, 15) is 9.90 Å². The molecular weight excluding hydrogens is 290 g/mol. The predicted molar refractivity (Wildman–Crippen MR) is 88.2 cm³/mol. The summed E-state index contributed by atoms with van der Waals surface area (Å²) < 4.78 is 0. The molecule has 23 heavy (non-hydrogen) atoms. The van der Waals surface area contributed by atoms with Gasteiger partial charge in [-0.25, -0.2) is 0 Å². The fourth-order valence-electron chi connectivity index (χ4n) is 3.95. The minimum atomic E-state index is -0.144. The summed E-state index contributed by atoms with van der Waals surface area (Å²) in [4.78, 5) is 12.6. The Morgan fingerprint density at radius 3 is 2.74 bits per heavy atom. The van der Waals surface area contributed by atoms with Crippen molar-refractivity contribution in [2.75, 3.05) is 6.61 Å². The molecule has 2 aliphatic carbocycles. The molecule has 0 radical (unpaired) electrons. The number of rotatable bonds is 5. The van der Waals surface area contributed by atoms with Gasteiger partial charge in [-0.1, -0.05) is 19.3 Å². The van der Waals surface area contributed by atoms with E-state index in [4.69, 9.17) is 0 Å². The number of amides is 1. The smallest absolute Gasteiger partial charge is 0.272 e. The monoisotopic (exact) mass is 317 g/mol. The molecule has 1 atom stereocenters. The van der Waals surface area contributed by atoms with E-state index >= 15 is 0 Å². The minimum absolute atomic E-state index is 0.0469. The zero-order valence-corrected chi connectivity index (χ0v) is 13.8. The molecule has 0 aliphatic heterocycles. The average Bonchev–Trinajstić information content (AvgIpc) is 2.61. The molecule has 0 aromatic carbocycles. The van der Waals surface area contributed by atoms with E-state index in [1.807, 2.05) is 6.07 Å². The van der Waals surface area contributed by atoms with Crippen molar-refractivity contribution < 1.29 is 9.90 Å². The molecule has 1 unspecified atom stereocenters. The SMILES string of the molecule is O=C(NC(CCO)C1CCCCC1)c1cc2c(nn1)CCCC2. The second-order valence-electron chi connectivity index (χ2n) is 6.90. The summed E-state index contributed by atoms with van der Waals surface area (Å²) in [6, 6.07) is 1.96. The van der Waals surface area contributed by atoms with E-state index < -0.39 is 0 Å². The molecule has 1 heterocycles. The Morgan fingerprint density at radius 2 is 1.96 bits per heavy atom. The number of fused-ring (bicyclic) bond motifs is 1. The van der Waals surface area contributed by atoms with E-state index in [1.165, 1.54) is 24.8 Å². The highest BCUT2D eigenvalue weighted by Crippen LogP contribution is 2.28. The molecule has 1 aromatic heterocycles. The molecule has 1 saturated carbocycles. The van der Waals surface area contributed by atoms with Gasteiger partial charge in [-0.05, 0) is 62.5 Å². The van der Waals surface area contributed by atoms with Gasteiger partial charge in [0.15, 0.2) is 5.69 Å². The second kappa shape index (κ2) is 7.86. The van der Waals surface area contributed by atoms with Crippen LogP contribution in [0.4, 0.5) is 0 Å². The summed E-state index contributed by atoms with van der Waals surface area (Å²) in [7, 11) is 0. The molecule has 1 amide bonds. The van der Waals surface area contributed by atoms with E-state index in [2.05, 4.69) is 15.5 Å². The number of aliphatic hydroxyl groups excluding tert-OH is 1. The van der Waals surface area contributed by atoms with Gasteiger partial charge in [-0.15, -0.1) is 5.10 Å².